The normalized spacial score (nSPS) is 13.3. The van der Waals surface area contributed by atoms with Crippen LogP contribution in [-0.4, -0.2) is 31.1 Å². The fourth-order valence-corrected chi connectivity index (χ4v) is 1.11. The van der Waals surface area contributed by atoms with Crippen molar-refractivity contribution < 1.29 is 23.0 Å². The quantitative estimate of drug-likeness (QED) is 0.735. The predicted octanol–water partition coefficient (Wildman–Crippen LogP) is 2.36. The molecule has 1 N–H and O–H groups in total. The van der Waals surface area contributed by atoms with Crippen molar-refractivity contribution in [3.8, 4) is 0 Å². The second-order valence-corrected chi connectivity index (χ2v) is 3.47. The zero-order valence-electron chi connectivity index (χ0n) is 8.52. The Labute approximate surface area is 82.1 Å². The molecule has 2 nitrogen and oxygen atoms in total. The summed E-state index contributed by atoms with van der Waals surface area (Å²) in [4.78, 5) is 0. The van der Waals surface area contributed by atoms with Gasteiger partial charge in [0.15, 0.2) is 0 Å². The van der Waals surface area contributed by atoms with E-state index in [2.05, 4.69) is 4.74 Å². The molecule has 0 saturated heterocycles. The monoisotopic (exact) mass is 214 g/mol. The third-order valence-electron chi connectivity index (χ3n) is 2.51. The number of hydrogen-bond donors (Lipinski definition) is 1. The molecule has 0 spiro atoms. The summed E-state index contributed by atoms with van der Waals surface area (Å²) in [7, 11) is 0. The molecular weight excluding hydrogens is 197 g/mol. The minimum Gasteiger partial charge on any atom is -0.396 e. The van der Waals surface area contributed by atoms with Crippen LogP contribution in [-0.2, 0) is 4.74 Å². The van der Waals surface area contributed by atoms with Crippen molar-refractivity contribution >= 4 is 0 Å². The van der Waals surface area contributed by atoms with Gasteiger partial charge in [-0.1, -0.05) is 13.8 Å². The number of rotatable bonds is 6. The first-order valence-corrected chi connectivity index (χ1v) is 4.64. The van der Waals surface area contributed by atoms with Gasteiger partial charge in [0.2, 0.25) is 0 Å². The van der Waals surface area contributed by atoms with Crippen LogP contribution in [0.2, 0.25) is 0 Å². The lowest BCUT2D eigenvalue weighted by Gasteiger charge is -2.29. The van der Waals surface area contributed by atoms with E-state index in [0.717, 1.165) is 0 Å². The molecule has 0 unspecified atom stereocenters. The number of ether oxygens (including phenoxy) is 1. The second kappa shape index (κ2) is 5.56. The smallest absolute Gasteiger partial charge is 0.396 e. The molecule has 0 aliphatic carbocycles. The van der Waals surface area contributed by atoms with Gasteiger partial charge in [0.25, 0.3) is 0 Å². The zero-order valence-corrected chi connectivity index (χ0v) is 8.52. The molecule has 0 aliphatic rings. The first-order chi connectivity index (χ1) is 6.39. The van der Waals surface area contributed by atoms with Crippen molar-refractivity contribution in [2.24, 2.45) is 5.41 Å². The summed E-state index contributed by atoms with van der Waals surface area (Å²) >= 11 is 0. The van der Waals surface area contributed by atoms with E-state index in [1.54, 1.807) is 0 Å². The van der Waals surface area contributed by atoms with Gasteiger partial charge in [-0.05, 0) is 12.8 Å². The van der Waals surface area contributed by atoms with Crippen molar-refractivity contribution in [1.29, 1.82) is 0 Å². The van der Waals surface area contributed by atoms with E-state index in [-0.39, 0.29) is 13.2 Å². The van der Waals surface area contributed by atoms with E-state index < -0.39 is 18.2 Å². The van der Waals surface area contributed by atoms with Crippen molar-refractivity contribution in [2.45, 2.75) is 32.9 Å². The largest absolute Gasteiger partial charge is 0.411 e. The van der Waals surface area contributed by atoms with Crippen LogP contribution in [0, 0.1) is 5.41 Å². The average Bonchev–Trinajstić information content (AvgIpc) is 2.11. The second-order valence-electron chi connectivity index (χ2n) is 3.47. The minimum atomic E-state index is -4.29. The third kappa shape index (κ3) is 4.81. The van der Waals surface area contributed by atoms with Crippen LogP contribution in [0.15, 0.2) is 0 Å². The van der Waals surface area contributed by atoms with Crippen molar-refractivity contribution in [2.75, 3.05) is 19.8 Å². The van der Waals surface area contributed by atoms with Gasteiger partial charge in [0, 0.05) is 5.41 Å². The van der Waals surface area contributed by atoms with Gasteiger partial charge in [-0.15, -0.1) is 0 Å². The van der Waals surface area contributed by atoms with E-state index in [9.17, 15) is 13.2 Å². The van der Waals surface area contributed by atoms with Crippen LogP contribution in [0.25, 0.3) is 0 Å². The minimum absolute atomic E-state index is 0.0456. The Balaban J connectivity index is 3.95. The molecule has 0 atom stereocenters. The fourth-order valence-electron chi connectivity index (χ4n) is 1.11. The highest BCUT2D eigenvalue weighted by atomic mass is 19.4. The maximum Gasteiger partial charge on any atom is 0.411 e. The van der Waals surface area contributed by atoms with Gasteiger partial charge in [-0.25, -0.2) is 0 Å². The van der Waals surface area contributed by atoms with E-state index in [0.29, 0.717) is 12.8 Å². The van der Waals surface area contributed by atoms with E-state index >= 15 is 0 Å². The van der Waals surface area contributed by atoms with Gasteiger partial charge in [-0.2, -0.15) is 13.2 Å². The standard InChI is InChI=1S/C9H17F3O2/c1-3-8(4-2,5-13)6-14-7-9(10,11)12/h13H,3-7H2,1-2H3. The fraction of sp³-hybridized carbons (Fsp3) is 1.00. The van der Waals surface area contributed by atoms with E-state index in [1.807, 2.05) is 13.8 Å². The lowest BCUT2D eigenvalue weighted by atomic mass is 9.84. The molecule has 0 bridgehead atoms. The molecule has 0 amide bonds. The average molecular weight is 214 g/mol. The first-order valence-electron chi connectivity index (χ1n) is 4.64. The Hall–Kier alpha value is -0.290. The van der Waals surface area contributed by atoms with Crippen molar-refractivity contribution in [3.05, 3.63) is 0 Å². The number of alkyl halides is 3. The van der Waals surface area contributed by atoms with Gasteiger partial charge in [-0.3, -0.25) is 0 Å². The lowest BCUT2D eigenvalue weighted by Crippen LogP contribution is -2.32. The van der Waals surface area contributed by atoms with Gasteiger partial charge in [0.1, 0.15) is 6.61 Å². The molecule has 0 radical (unpaired) electrons. The molecule has 0 aromatic carbocycles. The van der Waals surface area contributed by atoms with Crippen LogP contribution in [0.5, 0.6) is 0 Å². The maximum absolute atomic E-state index is 11.8. The van der Waals surface area contributed by atoms with Gasteiger partial charge in [0.05, 0.1) is 13.2 Å². The highest BCUT2D eigenvalue weighted by Crippen LogP contribution is 2.26. The summed E-state index contributed by atoms with van der Waals surface area (Å²) in [6.45, 7) is 2.23. The SMILES string of the molecule is CCC(CC)(CO)COCC(F)(F)F. The Morgan fingerprint density at radius 3 is 1.86 bits per heavy atom. The van der Waals surface area contributed by atoms with Crippen LogP contribution >= 0.6 is 0 Å². The number of aliphatic hydroxyl groups excluding tert-OH is 1. The predicted molar refractivity (Wildman–Crippen MR) is 47.0 cm³/mol. The molecule has 5 heteroatoms. The van der Waals surface area contributed by atoms with Crippen LogP contribution < -0.4 is 0 Å². The molecule has 0 rings (SSSR count). The number of hydrogen-bond acceptors (Lipinski definition) is 2. The maximum atomic E-state index is 11.8. The van der Waals surface area contributed by atoms with Gasteiger partial charge >= 0.3 is 6.18 Å². The Morgan fingerprint density at radius 2 is 1.57 bits per heavy atom. The number of aliphatic hydroxyl groups is 1. The molecule has 0 aromatic heterocycles. The van der Waals surface area contributed by atoms with Crippen LogP contribution in [0.4, 0.5) is 13.2 Å². The zero-order chi connectivity index (χ0) is 11.2. The molecule has 0 aromatic rings. The van der Waals surface area contributed by atoms with Crippen LogP contribution in [0.1, 0.15) is 26.7 Å². The summed E-state index contributed by atoms with van der Waals surface area (Å²) in [5, 5.41) is 9.04. The summed E-state index contributed by atoms with van der Waals surface area (Å²) < 4.78 is 39.8. The summed E-state index contributed by atoms with van der Waals surface area (Å²) in [5.74, 6) is 0. The third-order valence-corrected chi connectivity index (χ3v) is 2.51. The van der Waals surface area contributed by atoms with Crippen molar-refractivity contribution in [1.82, 2.24) is 0 Å². The molecule has 0 saturated carbocycles. The summed E-state index contributed by atoms with van der Waals surface area (Å²) in [6, 6.07) is 0. The first kappa shape index (κ1) is 13.7. The summed E-state index contributed by atoms with van der Waals surface area (Å²) in [5.41, 5.74) is -0.523. The Morgan fingerprint density at radius 1 is 1.07 bits per heavy atom. The Kier molecular flexibility index (Phi) is 5.44. The molecule has 14 heavy (non-hydrogen) atoms. The molecule has 0 heterocycles. The number of halogens is 3. The highest BCUT2D eigenvalue weighted by molar-refractivity contribution is 4.75. The van der Waals surface area contributed by atoms with E-state index in [1.165, 1.54) is 0 Å². The van der Waals surface area contributed by atoms with Crippen molar-refractivity contribution in [3.63, 3.8) is 0 Å². The molecular formula is C9H17F3O2. The molecule has 86 valence electrons. The molecule has 0 aliphatic heterocycles. The van der Waals surface area contributed by atoms with Gasteiger partial charge < -0.3 is 9.84 Å². The molecule has 0 fully saturated rings. The topological polar surface area (TPSA) is 29.5 Å². The Bertz CT molecular complexity index is 144. The van der Waals surface area contributed by atoms with Crippen LogP contribution in [0.3, 0.4) is 0 Å². The lowest BCUT2D eigenvalue weighted by molar-refractivity contribution is -0.183. The summed E-state index contributed by atoms with van der Waals surface area (Å²) in [6.07, 6.45) is -3.07. The van der Waals surface area contributed by atoms with E-state index in [4.69, 9.17) is 5.11 Å². The highest BCUT2D eigenvalue weighted by Gasteiger charge is 2.31.